The van der Waals surface area contributed by atoms with Crippen molar-refractivity contribution < 1.29 is 9.15 Å². The smallest absolute Gasteiger partial charge is 0.271 e. The zero-order valence-corrected chi connectivity index (χ0v) is 15.0. The monoisotopic (exact) mass is 433 g/mol. The van der Waals surface area contributed by atoms with Crippen LogP contribution in [-0.4, -0.2) is 23.4 Å². The Bertz CT molecular complexity index is 893. The minimum atomic E-state index is 0.454. The number of methoxy groups -OCH3 is 1. The number of furan rings is 1. The van der Waals surface area contributed by atoms with Gasteiger partial charge in [-0.15, -0.1) is 0 Å². The third-order valence-electron chi connectivity index (χ3n) is 3.85. The van der Waals surface area contributed by atoms with Crippen LogP contribution in [0.3, 0.4) is 0 Å². The van der Waals surface area contributed by atoms with E-state index in [1.165, 1.54) is 5.56 Å². The van der Waals surface area contributed by atoms with Crippen molar-refractivity contribution >= 4 is 40.7 Å². The van der Waals surface area contributed by atoms with Gasteiger partial charge in [-0.25, -0.2) is 4.98 Å². The first kappa shape index (κ1) is 15.3. The number of benzene rings is 1. The second-order valence-corrected chi connectivity index (χ2v) is 7.12. The second kappa shape index (κ2) is 5.99. The Kier molecular flexibility index (Phi) is 3.81. The molecule has 24 heavy (non-hydrogen) atoms. The van der Waals surface area contributed by atoms with Crippen molar-refractivity contribution in [1.29, 1.82) is 0 Å². The molecule has 1 aliphatic heterocycles. The van der Waals surface area contributed by atoms with E-state index in [4.69, 9.17) is 9.15 Å². The average Bonchev–Trinajstić information content (AvgIpc) is 3.25. The lowest BCUT2D eigenvalue weighted by atomic mass is 10.2. The van der Waals surface area contributed by atoms with Crippen molar-refractivity contribution in [2.75, 3.05) is 7.11 Å². The molecule has 4 rings (SSSR count). The van der Waals surface area contributed by atoms with Crippen LogP contribution in [-0.2, 0) is 6.54 Å². The highest BCUT2D eigenvalue weighted by molar-refractivity contribution is 14.1. The number of hydrogen-bond acceptors (Lipinski definition) is 5. The van der Waals surface area contributed by atoms with Crippen LogP contribution in [0.4, 0.5) is 11.5 Å². The summed E-state index contributed by atoms with van der Waals surface area (Å²) in [5.74, 6) is 2.39. The largest absolute Gasteiger partial charge is 0.497 e. The Labute approximate surface area is 152 Å². The van der Waals surface area contributed by atoms with Crippen molar-refractivity contribution in [3.63, 3.8) is 0 Å². The third kappa shape index (κ3) is 2.59. The van der Waals surface area contributed by atoms with Gasteiger partial charge in [0, 0.05) is 5.56 Å². The van der Waals surface area contributed by atoms with E-state index in [1.807, 2.05) is 30.6 Å². The molecule has 120 valence electrons. The van der Waals surface area contributed by atoms with E-state index in [2.05, 4.69) is 50.0 Å². The molecule has 0 N–H and O–H groups in total. The Hall–Kier alpha value is -2.26. The summed E-state index contributed by atoms with van der Waals surface area (Å²) in [6.45, 7) is 0.732. The molecule has 0 amide bonds. The molecule has 0 fully saturated rings. The summed E-state index contributed by atoms with van der Waals surface area (Å²) in [5.41, 5.74) is 2.64. The Balaban J connectivity index is 1.70. The van der Waals surface area contributed by atoms with Crippen molar-refractivity contribution in [3.8, 4) is 17.2 Å². The minimum absolute atomic E-state index is 0.454. The molecular weight excluding hydrogens is 419 g/mol. The molecule has 3 heterocycles. The molecule has 1 aliphatic rings. The van der Waals surface area contributed by atoms with Crippen LogP contribution in [0.5, 0.6) is 5.75 Å². The zero-order chi connectivity index (χ0) is 16.6. The molecule has 0 spiro atoms. The summed E-state index contributed by atoms with van der Waals surface area (Å²) in [4.78, 5) is 13.4. The topological polar surface area (TPSA) is 60.5 Å². The van der Waals surface area contributed by atoms with Gasteiger partial charge < -0.3 is 9.15 Å². The molecule has 6 nitrogen and oxygen atoms in total. The molecular formula is C17H14IN4O2+. The predicted octanol–water partition coefficient (Wildman–Crippen LogP) is 4.28. The number of aromatic nitrogens is 2. The normalized spacial score (nSPS) is 18.6. The van der Waals surface area contributed by atoms with E-state index >= 15 is 0 Å². The van der Waals surface area contributed by atoms with Crippen LogP contribution < -0.4 is 7.43 Å². The van der Waals surface area contributed by atoms with E-state index in [0.29, 0.717) is 14.2 Å². The number of halogens is 1. The second-order valence-electron chi connectivity index (χ2n) is 5.39. The fourth-order valence-corrected chi connectivity index (χ4v) is 3.54. The first-order chi connectivity index (χ1) is 11.7. The number of hydrogen-bond donors (Lipinski definition) is 0. The van der Waals surface area contributed by atoms with Crippen molar-refractivity contribution in [2.45, 2.75) is 6.54 Å². The molecule has 1 aromatic carbocycles. The lowest BCUT2D eigenvalue weighted by Crippen LogP contribution is -2.34. The van der Waals surface area contributed by atoms with Gasteiger partial charge in [0.05, 0.1) is 13.4 Å². The van der Waals surface area contributed by atoms with Crippen molar-refractivity contribution in [3.05, 3.63) is 54.6 Å². The fraction of sp³-hybridized carbons (Fsp3) is 0.118. The molecule has 3 aromatic rings. The van der Waals surface area contributed by atoms with Crippen molar-refractivity contribution in [2.24, 2.45) is 4.99 Å². The fourth-order valence-electron chi connectivity index (χ4n) is 2.67. The zero-order valence-electron chi connectivity index (χ0n) is 12.9. The van der Waals surface area contributed by atoms with Gasteiger partial charge in [0.1, 0.15) is 24.3 Å². The van der Waals surface area contributed by atoms with Gasteiger partial charge in [-0.1, -0.05) is 0 Å². The first-order valence-electron chi connectivity index (χ1n) is 7.34. The summed E-state index contributed by atoms with van der Waals surface area (Å²) >= 11 is 2.35. The SMILES string of the molecule is COc1ccc(C[N+]2(I)C=Nc3c(-c4ccco4)ncnc32)cc1. The van der Waals surface area contributed by atoms with Crippen LogP contribution in [0.2, 0.25) is 0 Å². The van der Waals surface area contributed by atoms with Crippen LogP contribution >= 0.6 is 22.9 Å². The molecule has 0 radical (unpaired) electrons. The number of nitrogens with zero attached hydrogens (tertiary/aromatic N) is 4. The van der Waals surface area contributed by atoms with Crippen LogP contribution in [0, 0.1) is 0 Å². The first-order valence-corrected chi connectivity index (χ1v) is 8.31. The molecule has 7 heteroatoms. The maximum Gasteiger partial charge on any atom is 0.271 e. The highest BCUT2D eigenvalue weighted by Gasteiger charge is 2.39. The highest BCUT2D eigenvalue weighted by atomic mass is 127. The summed E-state index contributed by atoms with van der Waals surface area (Å²) in [5, 5.41) is 0. The molecule has 0 aliphatic carbocycles. The number of ether oxygens (including phenoxy) is 1. The average molecular weight is 433 g/mol. The van der Waals surface area contributed by atoms with E-state index < -0.39 is 0 Å². The molecule has 1 atom stereocenters. The number of rotatable bonds is 4. The van der Waals surface area contributed by atoms with Gasteiger partial charge in [-0.3, -0.25) is 0 Å². The summed E-state index contributed by atoms with van der Waals surface area (Å²) in [6.07, 6.45) is 5.08. The standard InChI is InChI=1S/C17H14IN4O2/c1-23-13-6-4-12(5-7-13)9-22(18)11-21-16-15(14-3-2-8-24-14)19-10-20-17(16)22/h2-8,10-11H,9H2,1H3/q+1. The van der Waals surface area contributed by atoms with Crippen molar-refractivity contribution in [1.82, 2.24) is 12.7 Å². The highest BCUT2D eigenvalue weighted by Crippen LogP contribution is 2.45. The van der Waals surface area contributed by atoms with Crippen LogP contribution in [0.25, 0.3) is 11.5 Å². The van der Waals surface area contributed by atoms with Gasteiger partial charge in [0.2, 0.25) is 6.34 Å². The molecule has 0 bridgehead atoms. The summed E-state index contributed by atoms with van der Waals surface area (Å²) < 4.78 is 11.1. The quantitative estimate of drug-likeness (QED) is 0.456. The van der Waals surface area contributed by atoms with Gasteiger partial charge >= 0.3 is 0 Å². The van der Waals surface area contributed by atoms with Crippen LogP contribution in [0.15, 0.2) is 58.4 Å². The number of quaternary nitrogens is 1. The Morgan fingerprint density at radius 2 is 2.00 bits per heavy atom. The van der Waals surface area contributed by atoms with Gasteiger partial charge in [0.25, 0.3) is 28.7 Å². The van der Waals surface area contributed by atoms with Crippen LogP contribution in [0.1, 0.15) is 5.56 Å². The number of fused-ring (bicyclic) bond motifs is 1. The lowest BCUT2D eigenvalue weighted by Gasteiger charge is -2.20. The Morgan fingerprint density at radius 1 is 1.17 bits per heavy atom. The lowest BCUT2D eigenvalue weighted by molar-refractivity contribution is 0.414. The van der Waals surface area contributed by atoms with E-state index in [0.717, 1.165) is 23.8 Å². The minimum Gasteiger partial charge on any atom is -0.497 e. The predicted molar refractivity (Wildman–Crippen MR) is 100 cm³/mol. The maximum atomic E-state index is 5.47. The number of aliphatic imine (C=N–C) groups is 1. The van der Waals surface area contributed by atoms with E-state index in [-0.39, 0.29) is 0 Å². The van der Waals surface area contributed by atoms with Gasteiger partial charge in [0.15, 0.2) is 11.4 Å². The van der Waals surface area contributed by atoms with E-state index in [1.54, 1.807) is 19.7 Å². The van der Waals surface area contributed by atoms with Gasteiger partial charge in [-0.2, -0.15) is 12.7 Å². The third-order valence-corrected chi connectivity index (χ3v) is 4.90. The maximum absolute atomic E-state index is 5.47. The summed E-state index contributed by atoms with van der Waals surface area (Å²) in [7, 11) is 1.66. The van der Waals surface area contributed by atoms with Gasteiger partial charge in [-0.05, 0) is 36.4 Å². The molecule has 0 saturated heterocycles. The molecule has 0 saturated carbocycles. The molecule has 2 aromatic heterocycles. The molecule has 1 unspecified atom stereocenters. The van der Waals surface area contributed by atoms with E-state index in [9.17, 15) is 0 Å². The Morgan fingerprint density at radius 3 is 2.71 bits per heavy atom. The summed E-state index contributed by atoms with van der Waals surface area (Å²) in [6, 6.07) is 11.7.